The van der Waals surface area contributed by atoms with Crippen molar-refractivity contribution in [1.82, 2.24) is 0 Å². The maximum atomic E-state index is 10.1. The third-order valence-electron chi connectivity index (χ3n) is 2.53. The van der Waals surface area contributed by atoms with Crippen molar-refractivity contribution >= 4 is 0 Å². The number of ether oxygens (including phenoxy) is 1. The summed E-state index contributed by atoms with van der Waals surface area (Å²) in [7, 11) is 0. The molecule has 0 aliphatic carbocycles. The molecule has 0 aliphatic heterocycles. The lowest BCUT2D eigenvalue weighted by Crippen LogP contribution is -2.31. The largest absolute Gasteiger partial charge is 0.387 e. The number of hydrogen-bond acceptors (Lipinski definition) is 2. The topological polar surface area (TPSA) is 29.5 Å². The molecule has 1 N–H and O–H groups in total. The third-order valence-corrected chi connectivity index (χ3v) is 2.53. The van der Waals surface area contributed by atoms with Gasteiger partial charge in [0.1, 0.15) is 6.10 Å². The van der Waals surface area contributed by atoms with Crippen LogP contribution in [0.1, 0.15) is 45.3 Å². The summed E-state index contributed by atoms with van der Waals surface area (Å²) in [5, 5.41) is 10.1. The fourth-order valence-electron chi connectivity index (χ4n) is 1.68. The zero-order valence-electron chi connectivity index (χ0n) is 10.4. The normalized spacial score (nSPS) is 13.8. The van der Waals surface area contributed by atoms with Gasteiger partial charge in [0, 0.05) is 6.61 Å². The summed E-state index contributed by atoms with van der Waals surface area (Å²) in [5.74, 6) is 0. The molecule has 1 atom stereocenters. The molecule has 0 fully saturated rings. The number of unbranched alkanes of at least 4 members (excludes halogenated alkanes) is 1. The van der Waals surface area contributed by atoms with Crippen LogP contribution in [0.2, 0.25) is 0 Å². The van der Waals surface area contributed by atoms with Crippen molar-refractivity contribution in [2.75, 3.05) is 6.61 Å². The highest BCUT2D eigenvalue weighted by molar-refractivity contribution is 5.19. The molecule has 1 rings (SSSR count). The molecule has 1 aromatic rings. The fraction of sp³-hybridized carbons (Fsp3) is 0.571. The van der Waals surface area contributed by atoms with Gasteiger partial charge in [-0.05, 0) is 25.8 Å². The molecule has 0 aliphatic rings. The number of rotatable bonds is 6. The van der Waals surface area contributed by atoms with E-state index in [0.717, 1.165) is 18.4 Å². The highest BCUT2D eigenvalue weighted by atomic mass is 16.5. The third kappa shape index (κ3) is 3.95. The Balaban J connectivity index is 2.73. The first kappa shape index (κ1) is 13.2. The molecule has 0 spiro atoms. The van der Waals surface area contributed by atoms with Crippen LogP contribution in [0.25, 0.3) is 0 Å². The molecule has 0 aromatic heterocycles. The van der Waals surface area contributed by atoms with Crippen molar-refractivity contribution < 1.29 is 9.84 Å². The zero-order chi connectivity index (χ0) is 12.0. The predicted molar refractivity (Wildman–Crippen MR) is 66.3 cm³/mol. The maximum Gasteiger partial charge on any atom is 0.111 e. The van der Waals surface area contributed by atoms with Gasteiger partial charge in [0.05, 0.1) is 5.60 Å². The molecule has 2 heteroatoms. The Kier molecular flexibility index (Phi) is 4.97. The van der Waals surface area contributed by atoms with Crippen LogP contribution in [0.15, 0.2) is 30.3 Å². The van der Waals surface area contributed by atoms with Gasteiger partial charge in [-0.15, -0.1) is 0 Å². The average Bonchev–Trinajstić information content (AvgIpc) is 2.24. The first-order valence-electron chi connectivity index (χ1n) is 5.94. The van der Waals surface area contributed by atoms with E-state index >= 15 is 0 Å². The van der Waals surface area contributed by atoms with Gasteiger partial charge in [-0.2, -0.15) is 0 Å². The molecule has 1 unspecified atom stereocenters. The van der Waals surface area contributed by atoms with Gasteiger partial charge in [0.15, 0.2) is 0 Å². The number of hydrogen-bond donors (Lipinski definition) is 1. The molecule has 90 valence electrons. The second kappa shape index (κ2) is 6.02. The standard InChI is InChI=1S/C14H22O2/c1-4-5-11-16-13(14(2,3)15)12-9-7-6-8-10-12/h6-10,13,15H,4-5,11H2,1-3H3. The summed E-state index contributed by atoms with van der Waals surface area (Å²) in [5.41, 5.74) is 0.181. The van der Waals surface area contributed by atoms with Crippen molar-refractivity contribution in [3.63, 3.8) is 0 Å². The molecular weight excluding hydrogens is 200 g/mol. The lowest BCUT2D eigenvalue weighted by molar-refractivity contribution is -0.0915. The van der Waals surface area contributed by atoms with Crippen LogP contribution in [0.3, 0.4) is 0 Å². The Morgan fingerprint density at radius 1 is 1.25 bits per heavy atom. The van der Waals surface area contributed by atoms with E-state index in [4.69, 9.17) is 4.74 Å². The smallest absolute Gasteiger partial charge is 0.111 e. The van der Waals surface area contributed by atoms with E-state index in [2.05, 4.69) is 6.92 Å². The maximum absolute atomic E-state index is 10.1. The summed E-state index contributed by atoms with van der Waals surface area (Å²) < 4.78 is 5.78. The molecule has 0 saturated carbocycles. The first-order chi connectivity index (χ1) is 7.55. The van der Waals surface area contributed by atoms with Gasteiger partial charge in [0.25, 0.3) is 0 Å². The summed E-state index contributed by atoms with van der Waals surface area (Å²) in [6, 6.07) is 9.90. The van der Waals surface area contributed by atoms with Crippen molar-refractivity contribution in [2.45, 2.75) is 45.3 Å². The zero-order valence-corrected chi connectivity index (χ0v) is 10.4. The lowest BCUT2D eigenvalue weighted by atomic mass is 9.94. The lowest BCUT2D eigenvalue weighted by Gasteiger charge is -2.29. The molecular formula is C14H22O2. The summed E-state index contributed by atoms with van der Waals surface area (Å²) in [6.07, 6.45) is 1.88. The van der Waals surface area contributed by atoms with E-state index in [0.29, 0.717) is 6.61 Å². The van der Waals surface area contributed by atoms with Crippen LogP contribution in [-0.4, -0.2) is 17.3 Å². The minimum Gasteiger partial charge on any atom is -0.387 e. The van der Waals surface area contributed by atoms with Crippen LogP contribution < -0.4 is 0 Å². The van der Waals surface area contributed by atoms with Crippen molar-refractivity contribution in [2.24, 2.45) is 0 Å². The first-order valence-corrected chi connectivity index (χ1v) is 5.94. The Labute approximate surface area is 98.3 Å². The number of benzene rings is 1. The van der Waals surface area contributed by atoms with Gasteiger partial charge in [-0.25, -0.2) is 0 Å². The highest BCUT2D eigenvalue weighted by Gasteiger charge is 2.28. The van der Waals surface area contributed by atoms with Crippen molar-refractivity contribution in [3.05, 3.63) is 35.9 Å². The fourth-order valence-corrected chi connectivity index (χ4v) is 1.68. The monoisotopic (exact) mass is 222 g/mol. The van der Waals surface area contributed by atoms with E-state index in [1.54, 1.807) is 13.8 Å². The van der Waals surface area contributed by atoms with E-state index in [1.807, 2.05) is 30.3 Å². The number of aliphatic hydroxyl groups is 1. The molecule has 2 nitrogen and oxygen atoms in total. The molecule has 0 amide bonds. The SMILES string of the molecule is CCCCOC(c1ccccc1)C(C)(C)O. The average molecular weight is 222 g/mol. The molecule has 0 bridgehead atoms. The van der Waals surface area contributed by atoms with E-state index < -0.39 is 5.60 Å². The van der Waals surface area contributed by atoms with Gasteiger partial charge >= 0.3 is 0 Å². The summed E-state index contributed by atoms with van der Waals surface area (Å²) in [6.45, 7) is 6.40. The predicted octanol–water partition coefficient (Wildman–Crippen LogP) is 3.32. The Morgan fingerprint density at radius 2 is 1.88 bits per heavy atom. The van der Waals surface area contributed by atoms with E-state index in [-0.39, 0.29) is 6.10 Å². The molecule has 0 saturated heterocycles. The molecule has 0 heterocycles. The Hall–Kier alpha value is -0.860. The second-order valence-corrected chi connectivity index (χ2v) is 4.67. The van der Waals surface area contributed by atoms with Crippen LogP contribution in [0.5, 0.6) is 0 Å². The van der Waals surface area contributed by atoms with Crippen LogP contribution in [0.4, 0.5) is 0 Å². The van der Waals surface area contributed by atoms with Crippen LogP contribution in [-0.2, 0) is 4.74 Å². The van der Waals surface area contributed by atoms with Crippen molar-refractivity contribution in [1.29, 1.82) is 0 Å². The second-order valence-electron chi connectivity index (χ2n) is 4.67. The highest BCUT2D eigenvalue weighted by Crippen LogP contribution is 2.29. The quantitative estimate of drug-likeness (QED) is 0.748. The molecule has 0 radical (unpaired) electrons. The minimum absolute atomic E-state index is 0.250. The van der Waals surface area contributed by atoms with Gasteiger partial charge in [-0.1, -0.05) is 43.7 Å². The van der Waals surface area contributed by atoms with Gasteiger partial charge < -0.3 is 9.84 Å². The molecule has 1 aromatic carbocycles. The van der Waals surface area contributed by atoms with Crippen LogP contribution in [0, 0.1) is 0 Å². The Morgan fingerprint density at radius 3 is 2.38 bits per heavy atom. The summed E-state index contributed by atoms with van der Waals surface area (Å²) >= 11 is 0. The van der Waals surface area contributed by atoms with E-state index in [1.165, 1.54) is 0 Å². The molecule has 16 heavy (non-hydrogen) atoms. The van der Waals surface area contributed by atoms with Gasteiger partial charge in [0.2, 0.25) is 0 Å². The summed E-state index contributed by atoms with van der Waals surface area (Å²) in [4.78, 5) is 0. The van der Waals surface area contributed by atoms with E-state index in [9.17, 15) is 5.11 Å². The van der Waals surface area contributed by atoms with Gasteiger partial charge in [-0.3, -0.25) is 0 Å². The van der Waals surface area contributed by atoms with Crippen molar-refractivity contribution in [3.8, 4) is 0 Å². The van der Waals surface area contributed by atoms with Crippen LogP contribution >= 0.6 is 0 Å². The Bertz CT molecular complexity index is 287. The minimum atomic E-state index is -0.852.